The van der Waals surface area contributed by atoms with Crippen molar-refractivity contribution in [3.8, 4) is 0 Å². The summed E-state index contributed by atoms with van der Waals surface area (Å²) in [5.41, 5.74) is 0. The maximum absolute atomic E-state index is 12.0. The van der Waals surface area contributed by atoms with Crippen molar-refractivity contribution >= 4 is 5.97 Å². The first kappa shape index (κ1) is 45.0. The molecule has 0 aliphatic rings. The van der Waals surface area contributed by atoms with Gasteiger partial charge in [0, 0.05) is 13.0 Å². The molecule has 0 aliphatic carbocycles. The van der Waals surface area contributed by atoms with Crippen molar-refractivity contribution in [3.05, 3.63) is 12.2 Å². The molecule has 46 heavy (non-hydrogen) atoms. The molecule has 0 rings (SSSR count). The third kappa shape index (κ3) is 31.6. The summed E-state index contributed by atoms with van der Waals surface area (Å²) >= 11 is 0. The van der Waals surface area contributed by atoms with Crippen molar-refractivity contribution in [2.24, 2.45) is 5.92 Å². The Morgan fingerprint density at radius 1 is 0.696 bits per heavy atom. The largest absolute Gasteiger partial charge is 0.466 e. The van der Waals surface area contributed by atoms with Gasteiger partial charge in [-0.3, -0.25) is 4.79 Å². The minimum Gasteiger partial charge on any atom is -0.466 e. The second kappa shape index (κ2) is 35.4. The SMILES string of the molecule is C/C=C/CCCCCC(CCC)OC(O)CCCCCCCN(CCO)CCCCCCCC(=O)OCCCC[C@@H](C)CCCC. The third-order valence-electron chi connectivity index (χ3n) is 9.19. The Bertz CT molecular complexity index is 658. The number of nitrogens with zero attached hydrogens (tertiary/aromatic N) is 1. The highest BCUT2D eigenvalue weighted by atomic mass is 16.6. The quantitative estimate of drug-likeness (QED) is 0.0303. The normalized spacial score (nSPS) is 13.9. The molecule has 0 aromatic rings. The lowest BCUT2D eigenvalue weighted by Crippen LogP contribution is -2.29. The zero-order valence-corrected chi connectivity index (χ0v) is 31.2. The molecule has 0 radical (unpaired) electrons. The molecule has 0 fully saturated rings. The lowest BCUT2D eigenvalue weighted by molar-refractivity contribution is -0.144. The van der Waals surface area contributed by atoms with Crippen molar-refractivity contribution in [2.45, 2.75) is 201 Å². The molecular weight excluding hydrogens is 574 g/mol. The summed E-state index contributed by atoms with van der Waals surface area (Å²) in [5, 5.41) is 19.9. The standard InChI is InChI=1S/C40H79NO5/c1-5-8-10-11-14-19-29-38(26-7-3)46-40(44)31-21-16-13-18-24-33-41(34-35-42)32-23-17-12-15-20-30-39(43)45-36-25-22-28-37(4)27-9-6-2/h5,8,37-38,40,42,44H,6-7,9-36H2,1-4H3/b8-5+/t37-,38?,40?/m0/s1. The predicted molar refractivity (Wildman–Crippen MR) is 196 cm³/mol. The van der Waals surface area contributed by atoms with Gasteiger partial charge in [0.15, 0.2) is 6.29 Å². The van der Waals surface area contributed by atoms with Crippen molar-refractivity contribution < 1.29 is 24.5 Å². The van der Waals surface area contributed by atoms with E-state index in [1.165, 1.54) is 70.6 Å². The summed E-state index contributed by atoms with van der Waals surface area (Å²) in [7, 11) is 0. The Balaban J connectivity index is 3.77. The van der Waals surface area contributed by atoms with Crippen molar-refractivity contribution in [2.75, 3.05) is 32.8 Å². The first-order valence-electron chi connectivity index (χ1n) is 19.9. The minimum atomic E-state index is -0.628. The lowest BCUT2D eigenvalue weighted by Gasteiger charge is -2.22. The van der Waals surface area contributed by atoms with E-state index >= 15 is 0 Å². The van der Waals surface area contributed by atoms with Crippen LogP contribution in [0.3, 0.4) is 0 Å². The highest BCUT2D eigenvalue weighted by Crippen LogP contribution is 2.18. The number of esters is 1. The molecular formula is C40H79NO5. The third-order valence-corrected chi connectivity index (χ3v) is 9.19. The highest BCUT2D eigenvalue weighted by Gasteiger charge is 2.14. The average molecular weight is 654 g/mol. The molecule has 0 saturated carbocycles. The smallest absolute Gasteiger partial charge is 0.305 e. The van der Waals surface area contributed by atoms with Gasteiger partial charge in [0.1, 0.15) is 0 Å². The number of rotatable bonds is 36. The number of carbonyl (C=O) groups excluding carboxylic acids is 1. The van der Waals surface area contributed by atoms with Crippen LogP contribution in [0.4, 0.5) is 0 Å². The molecule has 6 heteroatoms. The van der Waals surface area contributed by atoms with E-state index in [1.807, 2.05) is 0 Å². The van der Waals surface area contributed by atoms with E-state index in [0.717, 1.165) is 109 Å². The van der Waals surface area contributed by atoms with Crippen molar-refractivity contribution in [1.82, 2.24) is 4.90 Å². The molecule has 0 amide bonds. The van der Waals surface area contributed by atoms with Gasteiger partial charge in [0.2, 0.25) is 0 Å². The van der Waals surface area contributed by atoms with Gasteiger partial charge in [-0.25, -0.2) is 0 Å². The molecule has 2 unspecified atom stereocenters. The molecule has 0 spiro atoms. The average Bonchev–Trinajstić information content (AvgIpc) is 3.04. The highest BCUT2D eigenvalue weighted by molar-refractivity contribution is 5.69. The molecule has 3 atom stereocenters. The molecule has 0 aromatic carbocycles. The Morgan fingerprint density at radius 3 is 1.98 bits per heavy atom. The van der Waals surface area contributed by atoms with Gasteiger partial charge in [-0.2, -0.15) is 0 Å². The Hall–Kier alpha value is -0.950. The molecule has 0 aliphatic heterocycles. The van der Waals surface area contributed by atoms with Crippen LogP contribution in [0.1, 0.15) is 188 Å². The maximum atomic E-state index is 12.0. The van der Waals surface area contributed by atoms with Gasteiger partial charge in [-0.1, -0.05) is 116 Å². The number of hydrogen-bond donors (Lipinski definition) is 2. The van der Waals surface area contributed by atoms with Gasteiger partial charge in [-0.05, 0) is 96.6 Å². The monoisotopic (exact) mass is 654 g/mol. The van der Waals surface area contributed by atoms with E-state index in [9.17, 15) is 15.0 Å². The van der Waals surface area contributed by atoms with Gasteiger partial charge in [0.25, 0.3) is 0 Å². The van der Waals surface area contributed by atoms with Gasteiger partial charge >= 0.3 is 5.97 Å². The van der Waals surface area contributed by atoms with Crippen LogP contribution >= 0.6 is 0 Å². The molecule has 0 saturated heterocycles. The lowest BCUT2D eigenvalue weighted by atomic mass is 9.98. The van der Waals surface area contributed by atoms with Gasteiger partial charge in [0.05, 0.1) is 19.3 Å². The van der Waals surface area contributed by atoms with E-state index < -0.39 is 6.29 Å². The fourth-order valence-corrected chi connectivity index (χ4v) is 6.22. The number of aliphatic hydroxyl groups is 2. The summed E-state index contributed by atoms with van der Waals surface area (Å²) < 4.78 is 11.4. The Kier molecular flexibility index (Phi) is 34.6. The van der Waals surface area contributed by atoms with Crippen LogP contribution in [-0.2, 0) is 14.3 Å². The van der Waals surface area contributed by atoms with E-state index in [-0.39, 0.29) is 18.7 Å². The number of allylic oxidation sites excluding steroid dienone is 2. The van der Waals surface area contributed by atoms with E-state index in [1.54, 1.807) is 0 Å². The van der Waals surface area contributed by atoms with Crippen molar-refractivity contribution in [1.29, 1.82) is 0 Å². The molecule has 0 heterocycles. The van der Waals surface area contributed by atoms with Crippen molar-refractivity contribution in [3.63, 3.8) is 0 Å². The first-order valence-corrected chi connectivity index (χ1v) is 19.9. The molecule has 0 bridgehead atoms. The molecule has 2 N–H and O–H groups in total. The van der Waals surface area contributed by atoms with E-state index in [2.05, 4.69) is 44.7 Å². The minimum absolute atomic E-state index is 0.0320. The van der Waals surface area contributed by atoms with Crippen LogP contribution < -0.4 is 0 Å². The number of hydrogen-bond acceptors (Lipinski definition) is 6. The molecule has 6 nitrogen and oxygen atoms in total. The summed E-state index contributed by atoms with van der Waals surface area (Å²) in [5.74, 6) is 0.756. The van der Waals surface area contributed by atoms with Crippen LogP contribution in [-0.4, -0.2) is 66.3 Å². The van der Waals surface area contributed by atoms with Gasteiger partial charge < -0.3 is 24.6 Å². The maximum Gasteiger partial charge on any atom is 0.305 e. The Morgan fingerprint density at radius 2 is 1.30 bits per heavy atom. The Labute approximate surface area is 286 Å². The van der Waals surface area contributed by atoms with Crippen LogP contribution in [0.25, 0.3) is 0 Å². The van der Waals surface area contributed by atoms with Crippen LogP contribution in [0.15, 0.2) is 12.2 Å². The number of carbonyl (C=O) groups is 1. The number of aliphatic hydroxyl groups excluding tert-OH is 2. The van der Waals surface area contributed by atoms with Crippen LogP contribution in [0.2, 0.25) is 0 Å². The fraction of sp³-hybridized carbons (Fsp3) is 0.925. The zero-order chi connectivity index (χ0) is 33.9. The predicted octanol–water partition coefficient (Wildman–Crippen LogP) is 10.5. The topological polar surface area (TPSA) is 79.2 Å². The van der Waals surface area contributed by atoms with Crippen LogP contribution in [0.5, 0.6) is 0 Å². The second-order valence-electron chi connectivity index (χ2n) is 13.8. The molecule has 274 valence electrons. The molecule has 0 aromatic heterocycles. The number of unbranched alkanes of at least 4 members (excludes halogenated alkanes) is 13. The number of ether oxygens (including phenoxy) is 2. The zero-order valence-electron chi connectivity index (χ0n) is 31.2. The van der Waals surface area contributed by atoms with Crippen LogP contribution in [0, 0.1) is 5.92 Å². The van der Waals surface area contributed by atoms with Gasteiger partial charge in [-0.15, -0.1) is 0 Å². The summed E-state index contributed by atoms with van der Waals surface area (Å²) in [6.45, 7) is 12.5. The summed E-state index contributed by atoms with van der Waals surface area (Å²) in [6.07, 6.45) is 31.7. The van der Waals surface area contributed by atoms with E-state index in [0.29, 0.717) is 13.0 Å². The summed E-state index contributed by atoms with van der Waals surface area (Å²) in [4.78, 5) is 14.4. The van der Waals surface area contributed by atoms with E-state index in [4.69, 9.17) is 9.47 Å². The first-order chi connectivity index (χ1) is 22.5. The fourth-order valence-electron chi connectivity index (χ4n) is 6.22. The summed E-state index contributed by atoms with van der Waals surface area (Å²) in [6, 6.07) is 0. The second-order valence-corrected chi connectivity index (χ2v) is 13.8.